The molecule has 1 fully saturated rings. The first-order chi connectivity index (χ1) is 14.2. The van der Waals surface area contributed by atoms with E-state index in [1.54, 1.807) is 17.0 Å². The zero-order chi connectivity index (χ0) is 20.1. The molecule has 29 heavy (non-hydrogen) atoms. The van der Waals surface area contributed by atoms with Crippen LogP contribution in [-0.2, 0) is 18.0 Å². The summed E-state index contributed by atoms with van der Waals surface area (Å²) in [5.74, 6) is 0.133. The maximum atomic E-state index is 14.0. The van der Waals surface area contributed by atoms with Crippen LogP contribution in [0.2, 0.25) is 0 Å². The van der Waals surface area contributed by atoms with Crippen molar-refractivity contribution in [3.05, 3.63) is 83.3 Å². The van der Waals surface area contributed by atoms with Crippen LogP contribution in [0.4, 0.5) is 4.39 Å². The Balaban J connectivity index is 1.35. The summed E-state index contributed by atoms with van der Waals surface area (Å²) in [7, 11) is 0. The molecule has 0 aliphatic carbocycles. The molecule has 1 atom stereocenters. The number of amides is 1. The number of piperidine rings is 1. The lowest BCUT2D eigenvalue weighted by Crippen LogP contribution is -2.39. The molecule has 0 N–H and O–H groups in total. The maximum absolute atomic E-state index is 14.0. The van der Waals surface area contributed by atoms with E-state index in [9.17, 15) is 9.18 Å². The van der Waals surface area contributed by atoms with Crippen LogP contribution < -0.4 is 0 Å². The molecule has 6 nitrogen and oxygen atoms in total. The number of hydrogen-bond donors (Lipinski definition) is 0. The summed E-state index contributed by atoms with van der Waals surface area (Å²) in [6, 6.07) is 15.9. The van der Waals surface area contributed by atoms with Gasteiger partial charge in [0.2, 0.25) is 0 Å². The van der Waals surface area contributed by atoms with Crippen molar-refractivity contribution in [3.63, 3.8) is 0 Å². The van der Waals surface area contributed by atoms with Gasteiger partial charge in [0, 0.05) is 19.0 Å². The van der Waals surface area contributed by atoms with Crippen molar-refractivity contribution < 1.29 is 18.4 Å². The molecule has 0 saturated carbocycles. The standard InChI is InChI=1S/C22H22FN3O3/c23-19-11-5-4-10-18(19)22(27)26-12-6-9-17(13-26)21-24-20(29-25-21)15-28-14-16-7-2-1-3-8-16/h1-5,7-8,10-11,17H,6,9,12-15H2. The van der Waals surface area contributed by atoms with Gasteiger partial charge >= 0.3 is 0 Å². The largest absolute Gasteiger partial charge is 0.367 e. The fourth-order valence-corrected chi connectivity index (χ4v) is 3.50. The topological polar surface area (TPSA) is 68.5 Å². The van der Waals surface area contributed by atoms with Gasteiger partial charge in [0.1, 0.15) is 12.4 Å². The summed E-state index contributed by atoms with van der Waals surface area (Å²) in [5.41, 5.74) is 1.16. The summed E-state index contributed by atoms with van der Waals surface area (Å²) < 4.78 is 24.9. The van der Waals surface area contributed by atoms with Gasteiger partial charge in [0.05, 0.1) is 12.2 Å². The van der Waals surface area contributed by atoms with Crippen molar-refractivity contribution >= 4 is 5.91 Å². The van der Waals surface area contributed by atoms with Crippen molar-refractivity contribution in [1.29, 1.82) is 0 Å². The van der Waals surface area contributed by atoms with E-state index in [0.717, 1.165) is 18.4 Å². The number of aromatic nitrogens is 2. The minimum Gasteiger partial charge on any atom is -0.367 e. The van der Waals surface area contributed by atoms with Crippen LogP contribution in [0.25, 0.3) is 0 Å². The van der Waals surface area contributed by atoms with Gasteiger partial charge in [-0.15, -0.1) is 0 Å². The van der Waals surface area contributed by atoms with Crippen LogP contribution in [0, 0.1) is 5.82 Å². The van der Waals surface area contributed by atoms with Crippen LogP contribution in [0.3, 0.4) is 0 Å². The van der Waals surface area contributed by atoms with Gasteiger partial charge < -0.3 is 14.2 Å². The van der Waals surface area contributed by atoms with Crippen molar-refractivity contribution in [3.8, 4) is 0 Å². The fraction of sp³-hybridized carbons (Fsp3) is 0.318. The van der Waals surface area contributed by atoms with Crippen molar-refractivity contribution in [2.45, 2.75) is 32.0 Å². The zero-order valence-electron chi connectivity index (χ0n) is 16.0. The van der Waals surface area contributed by atoms with Gasteiger partial charge in [0.25, 0.3) is 11.8 Å². The maximum Gasteiger partial charge on any atom is 0.256 e. The van der Waals surface area contributed by atoms with E-state index < -0.39 is 5.82 Å². The fourth-order valence-electron chi connectivity index (χ4n) is 3.50. The predicted molar refractivity (Wildman–Crippen MR) is 104 cm³/mol. The first-order valence-corrected chi connectivity index (χ1v) is 9.68. The Labute approximate surface area is 168 Å². The molecule has 2 heterocycles. The first kappa shape index (κ1) is 19.3. The number of nitrogens with zero attached hydrogens (tertiary/aromatic N) is 3. The number of rotatable bonds is 6. The normalized spacial score (nSPS) is 16.7. The van der Waals surface area contributed by atoms with E-state index in [0.29, 0.717) is 31.4 Å². The summed E-state index contributed by atoms with van der Waals surface area (Å²) in [6.45, 7) is 1.73. The predicted octanol–water partition coefficient (Wildman–Crippen LogP) is 3.95. The minimum absolute atomic E-state index is 0.0360. The molecule has 1 unspecified atom stereocenters. The molecule has 4 rings (SSSR count). The zero-order valence-corrected chi connectivity index (χ0v) is 16.0. The third-order valence-electron chi connectivity index (χ3n) is 5.00. The Hall–Kier alpha value is -3.06. The van der Waals surface area contributed by atoms with E-state index in [1.807, 2.05) is 30.3 Å². The smallest absolute Gasteiger partial charge is 0.256 e. The summed E-state index contributed by atoms with van der Waals surface area (Å²) in [5, 5.41) is 4.07. The number of halogens is 1. The molecular formula is C22H22FN3O3. The van der Waals surface area contributed by atoms with Crippen molar-refractivity contribution in [2.75, 3.05) is 13.1 Å². The highest BCUT2D eigenvalue weighted by Crippen LogP contribution is 2.26. The lowest BCUT2D eigenvalue weighted by Gasteiger charge is -2.31. The Bertz CT molecular complexity index is 961. The molecule has 7 heteroatoms. The molecule has 1 aliphatic heterocycles. The van der Waals surface area contributed by atoms with Crippen LogP contribution in [0.5, 0.6) is 0 Å². The minimum atomic E-state index is -0.503. The Kier molecular flexibility index (Phi) is 5.95. The molecule has 1 aromatic heterocycles. The lowest BCUT2D eigenvalue weighted by molar-refractivity contribution is 0.0699. The summed E-state index contributed by atoms with van der Waals surface area (Å²) >= 11 is 0. The quantitative estimate of drug-likeness (QED) is 0.632. The van der Waals surface area contributed by atoms with Crippen LogP contribution >= 0.6 is 0 Å². The van der Waals surface area contributed by atoms with Gasteiger partial charge in [0.15, 0.2) is 5.82 Å². The van der Waals surface area contributed by atoms with E-state index in [-0.39, 0.29) is 24.0 Å². The molecule has 1 amide bonds. The monoisotopic (exact) mass is 395 g/mol. The average Bonchev–Trinajstić information content (AvgIpc) is 3.23. The molecule has 150 valence electrons. The van der Waals surface area contributed by atoms with Gasteiger partial charge in [-0.3, -0.25) is 4.79 Å². The van der Waals surface area contributed by atoms with E-state index in [4.69, 9.17) is 9.26 Å². The van der Waals surface area contributed by atoms with Crippen molar-refractivity contribution in [1.82, 2.24) is 15.0 Å². The van der Waals surface area contributed by atoms with E-state index in [1.165, 1.54) is 12.1 Å². The number of carbonyl (C=O) groups excluding carboxylic acids is 1. The molecule has 2 aromatic carbocycles. The molecule has 3 aromatic rings. The molecule has 0 spiro atoms. The number of ether oxygens (including phenoxy) is 1. The van der Waals surface area contributed by atoms with Crippen molar-refractivity contribution in [2.24, 2.45) is 0 Å². The van der Waals surface area contributed by atoms with Crippen LogP contribution in [0.15, 0.2) is 59.1 Å². The second kappa shape index (κ2) is 8.96. The molecule has 1 aliphatic rings. The highest BCUT2D eigenvalue weighted by Gasteiger charge is 2.29. The Morgan fingerprint density at radius 2 is 1.93 bits per heavy atom. The third kappa shape index (κ3) is 4.68. The molecule has 0 radical (unpaired) electrons. The van der Waals surface area contributed by atoms with E-state index >= 15 is 0 Å². The molecular weight excluding hydrogens is 373 g/mol. The van der Waals surface area contributed by atoms with Gasteiger partial charge in [-0.2, -0.15) is 4.98 Å². The second-order valence-electron chi connectivity index (χ2n) is 7.09. The first-order valence-electron chi connectivity index (χ1n) is 9.68. The summed E-state index contributed by atoms with van der Waals surface area (Å²) in [6.07, 6.45) is 1.66. The van der Waals surface area contributed by atoms with Gasteiger partial charge in [-0.25, -0.2) is 4.39 Å². The Morgan fingerprint density at radius 3 is 2.76 bits per heavy atom. The highest BCUT2D eigenvalue weighted by molar-refractivity contribution is 5.94. The number of benzene rings is 2. The molecule has 1 saturated heterocycles. The lowest BCUT2D eigenvalue weighted by atomic mass is 9.96. The van der Waals surface area contributed by atoms with E-state index in [2.05, 4.69) is 10.1 Å². The summed E-state index contributed by atoms with van der Waals surface area (Å²) in [4.78, 5) is 18.8. The number of hydrogen-bond acceptors (Lipinski definition) is 5. The number of carbonyl (C=O) groups is 1. The number of likely N-dealkylation sites (tertiary alicyclic amines) is 1. The second-order valence-corrected chi connectivity index (χ2v) is 7.09. The van der Waals surface area contributed by atoms with Gasteiger partial charge in [-0.05, 0) is 30.5 Å². The SMILES string of the molecule is O=C(c1ccccc1F)N1CCCC(c2noc(COCc3ccccc3)n2)C1. The highest BCUT2D eigenvalue weighted by atomic mass is 19.1. The van der Waals surface area contributed by atoms with Crippen LogP contribution in [0.1, 0.15) is 46.4 Å². The van der Waals surface area contributed by atoms with Gasteiger partial charge in [-0.1, -0.05) is 47.6 Å². The third-order valence-corrected chi connectivity index (χ3v) is 5.00. The Morgan fingerprint density at radius 1 is 1.14 bits per heavy atom. The molecule has 0 bridgehead atoms. The van der Waals surface area contributed by atoms with Crippen LogP contribution in [-0.4, -0.2) is 34.0 Å². The average molecular weight is 395 g/mol.